The lowest BCUT2D eigenvalue weighted by Gasteiger charge is -2.47. The molecule has 1 nitrogen and oxygen atoms in total. The van der Waals surface area contributed by atoms with Gasteiger partial charge < -0.3 is 4.43 Å². The van der Waals surface area contributed by atoms with Crippen LogP contribution in [-0.4, -0.2) is 182 Å². The van der Waals surface area contributed by atoms with Gasteiger partial charge in [-0.05, 0) is 0 Å². The molecule has 0 heterocycles. The zero-order valence-corrected chi connectivity index (χ0v) is 41.4. The number of hydrogen-bond donors (Lipinski definition) is 0. The number of alkyl halides is 60. The molecule has 62 heteroatoms. The molecule has 0 aromatic heterocycles. The summed E-state index contributed by atoms with van der Waals surface area (Å²) >= 11 is 0. The second-order valence-corrected chi connectivity index (χ2v) is 22.0. The van der Waals surface area contributed by atoms with Crippen molar-refractivity contribution >= 4 is 8.32 Å². The first-order chi connectivity index (χ1) is 39.3. The summed E-state index contributed by atoms with van der Waals surface area (Å²) < 4.78 is 843. The van der Waals surface area contributed by atoms with Crippen LogP contribution in [0.5, 0.6) is 0 Å². The average molecular weight is 1580 g/mol. The maximum atomic E-state index is 15.5. The number of rotatable bonds is 29. The van der Waals surface area contributed by atoms with Gasteiger partial charge in [0.2, 0.25) is 8.32 Å². The highest BCUT2D eigenvalue weighted by Gasteiger charge is 2.99. The Balaban J connectivity index is 10.4. The van der Waals surface area contributed by atoms with E-state index in [0.717, 1.165) is 0 Å². The Kier molecular flexibility index (Phi) is 21.5. The number of halogens is 60. The summed E-state index contributed by atoms with van der Waals surface area (Å²) in [6.45, 7) is -6.61. The van der Waals surface area contributed by atoms with E-state index < -0.39 is 200 Å². The van der Waals surface area contributed by atoms with Gasteiger partial charge in [-0.3, -0.25) is 0 Å². The highest BCUT2D eigenvalue weighted by Crippen LogP contribution is 2.70. The highest BCUT2D eigenvalue weighted by atomic mass is 28.4. The Labute approximate surface area is 469 Å². The first-order valence-corrected chi connectivity index (χ1v) is 22.8. The molecule has 0 amide bonds. The van der Waals surface area contributed by atoms with Crippen molar-refractivity contribution in [2.75, 3.05) is 6.61 Å². The summed E-state index contributed by atoms with van der Waals surface area (Å²) in [6, 6.07) is -21.2. The van der Waals surface area contributed by atoms with Gasteiger partial charge in [0.1, 0.15) is 6.61 Å². The van der Waals surface area contributed by atoms with Gasteiger partial charge in [0.25, 0.3) is 0 Å². The van der Waals surface area contributed by atoms with Gasteiger partial charge in [-0.1, -0.05) is 0 Å². The molecule has 0 fully saturated rings. The molecule has 0 saturated heterocycles. The summed E-state index contributed by atoms with van der Waals surface area (Å²) in [7, 11) is -11.8. The van der Waals surface area contributed by atoms with Crippen molar-refractivity contribution in [3.63, 3.8) is 0 Å². The molecule has 0 spiro atoms. The van der Waals surface area contributed by atoms with Crippen molar-refractivity contribution in [2.45, 2.75) is 185 Å². The lowest BCUT2D eigenvalue weighted by Crippen LogP contribution is -2.75. The fourth-order valence-electron chi connectivity index (χ4n) is 6.22. The molecule has 0 N–H and O–H groups in total. The van der Waals surface area contributed by atoms with Crippen LogP contribution >= 0.6 is 0 Å². The van der Waals surface area contributed by atoms with Crippen LogP contribution in [0.15, 0.2) is 0 Å². The molecule has 0 aliphatic rings. The molecular formula is C32H8F60OSi. The van der Waals surface area contributed by atoms with Crippen LogP contribution in [0.3, 0.4) is 0 Å². The van der Waals surface area contributed by atoms with Crippen LogP contribution in [0.2, 0.25) is 18.1 Å². The fraction of sp³-hybridized carbons (Fsp3) is 1.00. The zero-order chi connectivity index (χ0) is 78.0. The summed E-state index contributed by atoms with van der Waals surface area (Å²) in [4.78, 5) is 0. The van der Waals surface area contributed by atoms with Crippen LogP contribution in [-0.2, 0) is 4.43 Å². The maximum Gasteiger partial charge on any atom is 0.460 e. The van der Waals surface area contributed by atoms with E-state index in [4.69, 9.17) is 0 Å². The van der Waals surface area contributed by atoms with Gasteiger partial charge in [0.15, 0.2) is 0 Å². The molecule has 0 atom stereocenters. The van der Waals surface area contributed by atoms with Crippen molar-refractivity contribution in [1.82, 2.24) is 0 Å². The van der Waals surface area contributed by atoms with E-state index in [2.05, 4.69) is 0 Å². The SMILES string of the molecule is FC(F)(F)C(F)(F)C(F)(F)C(F)(F)C(F)(F)C(F)(F)C(F)(F)CO[Si](CC(F)(F)C(F)(F)C(F)(F)C(F)(F)C(F)(F)C(F)(F)C(F)(F)F)(CC(F)(F)C(F)(F)C(F)(F)C(F)(F)C(F)(F)C(F)(F)C(F)(F)F)CC(F)(F)C(F)(F)C(F)(F)C(F)(F)C(F)(F)C(F)(F)C(F)(F)F. The second-order valence-electron chi connectivity index (χ2n) is 18.3. The van der Waals surface area contributed by atoms with Crippen molar-refractivity contribution < 1.29 is 268 Å². The minimum absolute atomic E-state index is 1.81. The Morgan fingerprint density at radius 2 is 0.245 bits per heavy atom. The van der Waals surface area contributed by atoms with E-state index in [1.807, 2.05) is 4.43 Å². The second kappa shape index (κ2) is 22.5. The molecule has 0 unspecified atom stereocenters. The van der Waals surface area contributed by atoms with Gasteiger partial charge in [-0.2, -0.15) is 263 Å². The molecule has 0 rings (SSSR count). The van der Waals surface area contributed by atoms with Crippen LogP contribution < -0.4 is 0 Å². The normalized spacial score (nSPS) is 17.4. The largest absolute Gasteiger partial charge is 0.460 e. The van der Waals surface area contributed by atoms with Gasteiger partial charge >= 0.3 is 167 Å². The first kappa shape index (κ1) is 90.0. The van der Waals surface area contributed by atoms with Crippen molar-refractivity contribution in [3.05, 3.63) is 0 Å². The molecule has 0 bridgehead atoms. The van der Waals surface area contributed by atoms with Gasteiger partial charge in [0, 0.05) is 18.1 Å². The first-order valence-electron chi connectivity index (χ1n) is 20.3. The summed E-state index contributed by atoms with van der Waals surface area (Å²) in [5.74, 6) is -242. The minimum Gasteiger partial charge on any atom is -0.410 e. The molecular weight excluding hydrogens is 1570 g/mol. The standard InChI is InChI=1S/C32H8F60OSi/c33-5(34,9(41,42)13(49,50)17(57,58)21(65,66)25(73,74)29(81,82)83)1-93-94(2-6(35,36)10(43,44)14(51,52)18(59,60)22(67,68)26(75,76)30(84,85)86,3-7(37,38)11(45,46)15(53,54)19(61,62)23(69,70)27(77,78)31(87,88)89)4-8(39,40)12(47,48)16(55,56)20(63,64)24(71,72)28(79,80)32(90,91)92/h1-4H2. The van der Waals surface area contributed by atoms with Crippen molar-refractivity contribution in [1.29, 1.82) is 0 Å². The monoisotopic (exact) mass is 1580 g/mol. The van der Waals surface area contributed by atoms with E-state index in [0.29, 0.717) is 0 Å². The summed E-state index contributed by atoms with van der Waals surface area (Å²) in [6.07, 6.45) is -35.6. The molecule has 94 heavy (non-hydrogen) atoms. The van der Waals surface area contributed by atoms with E-state index in [9.17, 15) is 202 Å². The highest BCUT2D eigenvalue weighted by molar-refractivity contribution is 6.74. The Bertz CT molecular complexity index is 2430. The third-order valence-corrected chi connectivity index (χ3v) is 15.8. The van der Waals surface area contributed by atoms with Crippen LogP contribution in [0.1, 0.15) is 0 Å². The predicted octanol–water partition coefficient (Wildman–Crippen LogP) is 20.4. The summed E-state index contributed by atoms with van der Waals surface area (Å²) in [5.41, 5.74) is 0. The van der Waals surface area contributed by atoms with Crippen LogP contribution in [0.4, 0.5) is 263 Å². The van der Waals surface area contributed by atoms with Crippen molar-refractivity contribution in [2.24, 2.45) is 0 Å². The Hall–Kier alpha value is -4.02. The molecule has 0 aromatic carbocycles. The molecule has 0 aliphatic heterocycles. The molecule has 0 aliphatic carbocycles. The van der Waals surface area contributed by atoms with Crippen LogP contribution in [0, 0.1) is 0 Å². The number of hydrogen-bond acceptors (Lipinski definition) is 1. The predicted molar refractivity (Wildman–Crippen MR) is 169 cm³/mol. The molecule has 0 saturated carbocycles. The van der Waals surface area contributed by atoms with E-state index in [-0.39, 0.29) is 0 Å². The van der Waals surface area contributed by atoms with Gasteiger partial charge in [0.05, 0.1) is 0 Å². The maximum absolute atomic E-state index is 15.5. The van der Waals surface area contributed by atoms with Gasteiger partial charge in [-0.25, -0.2) is 0 Å². The van der Waals surface area contributed by atoms with Gasteiger partial charge in [-0.15, -0.1) is 0 Å². The fourth-order valence-corrected chi connectivity index (χ4v) is 10.5. The molecule has 566 valence electrons. The Morgan fingerprint density at radius 1 is 0.138 bits per heavy atom. The quantitative estimate of drug-likeness (QED) is 0.0536. The molecule has 0 radical (unpaired) electrons. The zero-order valence-electron chi connectivity index (χ0n) is 40.4. The third kappa shape index (κ3) is 11.9. The van der Waals surface area contributed by atoms with E-state index in [1.165, 1.54) is 0 Å². The Morgan fingerprint density at radius 3 is 0.372 bits per heavy atom. The van der Waals surface area contributed by atoms with E-state index in [1.54, 1.807) is 0 Å². The average Bonchev–Trinajstić information content (AvgIpc) is 0.716. The lowest BCUT2D eigenvalue weighted by molar-refractivity contribution is -0.453. The molecule has 0 aromatic rings. The third-order valence-electron chi connectivity index (χ3n) is 11.8. The lowest BCUT2D eigenvalue weighted by atomic mass is 9.91. The summed E-state index contributed by atoms with van der Waals surface area (Å²) in [5, 5.41) is 0. The topological polar surface area (TPSA) is 9.23 Å². The van der Waals surface area contributed by atoms with E-state index >= 15 is 61.5 Å². The van der Waals surface area contributed by atoms with Crippen molar-refractivity contribution in [3.8, 4) is 0 Å². The minimum atomic E-state index is -11.8. The smallest absolute Gasteiger partial charge is 0.410 e. The van der Waals surface area contributed by atoms with Crippen LogP contribution in [0.25, 0.3) is 0 Å².